The van der Waals surface area contributed by atoms with Crippen molar-refractivity contribution in [2.45, 2.75) is 43.7 Å². The summed E-state index contributed by atoms with van der Waals surface area (Å²) >= 11 is 0. The molecule has 11 heteroatoms. The Bertz CT molecular complexity index is 1380. The van der Waals surface area contributed by atoms with Crippen LogP contribution in [-0.4, -0.2) is 60.2 Å². The number of methoxy groups -OCH3 is 1. The second-order valence-electron chi connectivity index (χ2n) is 9.92. The number of nitrogens with zero attached hydrogens (tertiary/aromatic N) is 6. The van der Waals surface area contributed by atoms with E-state index in [2.05, 4.69) is 26.3 Å². The molecule has 1 aliphatic heterocycles. The lowest BCUT2D eigenvalue weighted by atomic mass is 9.97. The molecule has 0 radical (unpaired) electrons. The highest BCUT2D eigenvalue weighted by Gasteiger charge is 2.48. The van der Waals surface area contributed by atoms with E-state index >= 15 is 0 Å². The maximum Gasteiger partial charge on any atom is 0.266 e. The fourth-order valence-corrected chi connectivity index (χ4v) is 4.64. The van der Waals surface area contributed by atoms with Crippen LogP contribution in [0.5, 0.6) is 5.88 Å². The maximum absolute atomic E-state index is 14.9. The largest absolute Gasteiger partial charge is 0.481 e. The third-order valence-corrected chi connectivity index (χ3v) is 7.30. The highest BCUT2D eigenvalue weighted by atomic mass is 19.3. The fourth-order valence-electron chi connectivity index (χ4n) is 4.64. The molecule has 0 amide bonds. The lowest BCUT2D eigenvalue weighted by Gasteiger charge is -2.42. The van der Waals surface area contributed by atoms with Gasteiger partial charge in [0.25, 0.3) is 6.43 Å². The first kappa shape index (κ1) is 25.0. The molecule has 2 aliphatic rings. The smallest absolute Gasteiger partial charge is 0.266 e. The van der Waals surface area contributed by atoms with E-state index in [4.69, 9.17) is 9.72 Å². The van der Waals surface area contributed by atoms with Gasteiger partial charge in [-0.25, -0.2) is 13.2 Å². The quantitative estimate of drug-likeness (QED) is 0.470. The van der Waals surface area contributed by atoms with Crippen molar-refractivity contribution in [1.29, 1.82) is 5.26 Å². The number of alkyl halides is 2. The average Bonchev–Trinajstić information content (AvgIpc) is 3.63. The number of halogens is 3. The van der Waals surface area contributed by atoms with Crippen molar-refractivity contribution in [2.24, 2.45) is 0 Å². The molecular weight excluding hydrogens is 483 g/mol. The number of aromatic nitrogens is 3. The van der Waals surface area contributed by atoms with Crippen LogP contribution in [0.25, 0.3) is 11.0 Å². The zero-order valence-corrected chi connectivity index (χ0v) is 21.1. The molecule has 194 valence electrons. The predicted octanol–water partition coefficient (Wildman–Crippen LogP) is 4.59. The number of pyridine rings is 1. The first-order valence-corrected chi connectivity index (χ1v) is 12.1. The van der Waals surface area contributed by atoms with Gasteiger partial charge in [-0.1, -0.05) is 18.2 Å². The summed E-state index contributed by atoms with van der Waals surface area (Å²) in [5, 5.41) is 13.5. The van der Waals surface area contributed by atoms with Crippen molar-refractivity contribution in [3.05, 3.63) is 46.8 Å². The zero-order valence-electron chi connectivity index (χ0n) is 21.1. The molecule has 5 rings (SSSR count). The first-order chi connectivity index (χ1) is 17.7. The van der Waals surface area contributed by atoms with Gasteiger partial charge in [0.1, 0.15) is 11.6 Å². The molecule has 8 nitrogen and oxygen atoms in total. The van der Waals surface area contributed by atoms with Crippen LogP contribution < -0.4 is 15.0 Å². The molecule has 0 unspecified atom stereocenters. The Morgan fingerprint density at radius 1 is 1.19 bits per heavy atom. The second kappa shape index (κ2) is 9.34. The normalized spacial score (nSPS) is 17.6. The zero-order chi connectivity index (χ0) is 26.5. The summed E-state index contributed by atoms with van der Waals surface area (Å²) in [6, 6.07) is 7.81. The molecule has 1 aromatic carbocycles. The third kappa shape index (κ3) is 4.39. The fraction of sp³-hybridized carbons (Fsp3) is 0.462. The molecular formula is C26H28F3N7O. The number of nitrogens with one attached hydrogen (secondary N) is 1. The third-order valence-electron chi connectivity index (χ3n) is 7.30. The molecule has 1 aliphatic carbocycles. The van der Waals surface area contributed by atoms with Gasteiger partial charge in [-0.2, -0.15) is 20.2 Å². The lowest BCUT2D eigenvalue weighted by Crippen LogP contribution is -2.58. The number of nitriles is 1. The minimum atomic E-state index is -2.92. The number of rotatable bonds is 8. The van der Waals surface area contributed by atoms with Gasteiger partial charge in [-0.3, -0.25) is 0 Å². The summed E-state index contributed by atoms with van der Waals surface area (Å²) in [5.74, 6) is 0.217. The molecule has 0 bridgehead atoms. The Labute approximate surface area is 213 Å². The van der Waals surface area contributed by atoms with E-state index in [0.29, 0.717) is 53.1 Å². The van der Waals surface area contributed by atoms with Gasteiger partial charge < -0.3 is 19.9 Å². The minimum absolute atomic E-state index is 0.0973. The summed E-state index contributed by atoms with van der Waals surface area (Å²) < 4.78 is 47.1. The van der Waals surface area contributed by atoms with E-state index in [0.717, 1.165) is 19.2 Å². The van der Waals surface area contributed by atoms with Crippen LogP contribution >= 0.6 is 0 Å². The van der Waals surface area contributed by atoms with E-state index in [9.17, 15) is 18.4 Å². The van der Waals surface area contributed by atoms with E-state index in [-0.39, 0.29) is 5.56 Å². The summed E-state index contributed by atoms with van der Waals surface area (Å²) in [5.41, 5.74) is -0.209. The predicted molar refractivity (Wildman–Crippen MR) is 133 cm³/mol. The molecule has 1 atom stereocenters. The van der Waals surface area contributed by atoms with Crippen molar-refractivity contribution in [2.75, 3.05) is 44.5 Å². The molecule has 1 N–H and O–H groups in total. The van der Waals surface area contributed by atoms with E-state index in [1.807, 2.05) is 19.0 Å². The second-order valence-corrected chi connectivity index (χ2v) is 9.92. The van der Waals surface area contributed by atoms with Crippen LogP contribution in [0.15, 0.2) is 24.3 Å². The van der Waals surface area contributed by atoms with Gasteiger partial charge in [0.15, 0.2) is 5.65 Å². The number of hydrogen-bond donors (Lipinski definition) is 1. The lowest BCUT2D eigenvalue weighted by molar-refractivity contribution is 0.146. The Balaban J connectivity index is 1.60. The van der Waals surface area contributed by atoms with Crippen molar-refractivity contribution < 1.29 is 17.9 Å². The van der Waals surface area contributed by atoms with Crippen molar-refractivity contribution in [1.82, 2.24) is 19.9 Å². The standard InChI is InChI=1S/C26H28F3N7O/c1-14(16-6-5-7-17(20(16)27)21(28)29)31-22-18-10-19(26(13-30)8-9-26)24(37-4)32-23(18)34-25(33-22)36-11-15(12-36)35(2)3/h5-7,10,14-15,21H,8-9,11-12H2,1-4H3,(H,31,32,33,34)/t14-/m1/s1. The molecule has 1 saturated heterocycles. The number of ether oxygens (including phenoxy) is 1. The Morgan fingerprint density at radius 2 is 1.89 bits per heavy atom. The number of likely N-dealkylation sites (N-methyl/N-ethyl adjacent to an activating group) is 1. The molecule has 2 aromatic heterocycles. The summed E-state index contributed by atoms with van der Waals surface area (Å²) in [6.45, 7) is 3.14. The van der Waals surface area contributed by atoms with Gasteiger partial charge in [0, 0.05) is 30.3 Å². The molecule has 2 fully saturated rings. The van der Waals surface area contributed by atoms with Crippen LogP contribution in [0, 0.1) is 17.1 Å². The first-order valence-electron chi connectivity index (χ1n) is 12.1. The monoisotopic (exact) mass is 511 g/mol. The van der Waals surface area contributed by atoms with Crippen molar-refractivity contribution in [3.8, 4) is 11.9 Å². The van der Waals surface area contributed by atoms with E-state index < -0.39 is 29.3 Å². The highest BCUT2D eigenvalue weighted by molar-refractivity contribution is 5.89. The van der Waals surface area contributed by atoms with Gasteiger partial charge in [0.2, 0.25) is 11.8 Å². The Kier molecular flexibility index (Phi) is 6.31. The molecule has 3 aromatic rings. The van der Waals surface area contributed by atoms with Crippen molar-refractivity contribution in [3.63, 3.8) is 0 Å². The molecule has 37 heavy (non-hydrogen) atoms. The SMILES string of the molecule is COc1nc2nc(N3CC(N(C)C)C3)nc(N[C@H](C)c3cccc(C(F)F)c3F)c2cc1C1(C#N)CC1. The molecule has 3 heterocycles. The summed E-state index contributed by atoms with van der Waals surface area (Å²) in [6.07, 6.45) is -1.54. The van der Waals surface area contributed by atoms with Gasteiger partial charge in [-0.05, 0) is 39.9 Å². The average molecular weight is 512 g/mol. The van der Waals surface area contributed by atoms with Gasteiger partial charge in [0.05, 0.1) is 35.6 Å². The summed E-state index contributed by atoms with van der Waals surface area (Å²) in [4.78, 5) is 18.2. The Hall–Kier alpha value is -3.65. The van der Waals surface area contributed by atoms with Crippen LogP contribution in [-0.2, 0) is 5.41 Å². The maximum atomic E-state index is 14.9. The highest BCUT2D eigenvalue weighted by Crippen LogP contribution is 2.51. The van der Waals surface area contributed by atoms with E-state index in [1.54, 1.807) is 13.0 Å². The minimum Gasteiger partial charge on any atom is -0.481 e. The summed E-state index contributed by atoms with van der Waals surface area (Å²) in [7, 11) is 5.53. The number of anilines is 2. The number of hydrogen-bond acceptors (Lipinski definition) is 8. The molecule has 1 saturated carbocycles. The van der Waals surface area contributed by atoms with Crippen LogP contribution in [0.4, 0.5) is 24.9 Å². The Morgan fingerprint density at radius 3 is 2.49 bits per heavy atom. The van der Waals surface area contributed by atoms with E-state index in [1.165, 1.54) is 19.2 Å². The van der Waals surface area contributed by atoms with Gasteiger partial charge in [-0.15, -0.1) is 0 Å². The van der Waals surface area contributed by atoms with Crippen LogP contribution in [0.3, 0.4) is 0 Å². The van der Waals surface area contributed by atoms with Crippen LogP contribution in [0.2, 0.25) is 0 Å². The number of benzene rings is 1. The molecule has 0 spiro atoms. The van der Waals surface area contributed by atoms with Crippen molar-refractivity contribution >= 4 is 22.8 Å². The van der Waals surface area contributed by atoms with Crippen LogP contribution in [0.1, 0.15) is 48.9 Å². The topological polar surface area (TPSA) is 90.2 Å². The van der Waals surface area contributed by atoms with Gasteiger partial charge >= 0.3 is 0 Å². The number of fused-ring (bicyclic) bond motifs is 1.